The van der Waals surface area contributed by atoms with E-state index in [2.05, 4.69) is 15.7 Å². The number of aliphatic imine (C=N–C) groups is 1. The largest absolute Gasteiger partial charge is 0.325 e. The van der Waals surface area contributed by atoms with E-state index in [1.807, 2.05) is 13.8 Å². The zero-order chi connectivity index (χ0) is 14.5. The minimum Gasteiger partial charge on any atom is -0.325 e. The topological polar surface area (TPSA) is 123 Å². The molecule has 1 aromatic carbocycles. The lowest BCUT2D eigenvalue weighted by atomic mass is 10.2. The highest BCUT2D eigenvalue weighted by Gasteiger charge is 2.07. The Hall–Kier alpha value is -1.64. The van der Waals surface area contributed by atoms with Crippen LogP contribution in [0.3, 0.4) is 0 Å². The van der Waals surface area contributed by atoms with E-state index in [1.165, 1.54) is 12.1 Å². The Morgan fingerprint density at radius 3 is 2.32 bits per heavy atom. The number of anilines is 1. The van der Waals surface area contributed by atoms with E-state index in [9.17, 15) is 8.42 Å². The average molecular weight is 285 g/mol. The summed E-state index contributed by atoms with van der Waals surface area (Å²) >= 11 is 0. The van der Waals surface area contributed by atoms with Crippen molar-refractivity contribution in [2.45, 2.75) is 18.7 Å². The van der Waals surface area contributed by atoms with Gasteiger partial charge in [-0.15, -0.1) is 0 Å². The van der Waals surface area contributed by atoms with Crippen molar-refractivity contribution in [3.05, 3.63) is 24.3 Å². The summed E-state index contributed by atoms with van der Waals surface area (Å²) in [6.07, 6.45) is 0. The van der Waals surface area contributed by atoms with E-state index in [0.717, 1.165) is 0 Å². The van der Waals surface area contributed by atoms with Crippen LogP contribution in [-0.2, 0) is 10.0 Å². The highest BCUT2D eigenvalue weighted by molar-refractivity contribution is 7.89. The summed E-state index contributed by atoms with van der Waals surface area (Å²) in [7, 11) is -3.67. The predicted octanol–water partition coefficient (Wildman–Crippen LogP) is 0.221. The first-order valence-corrected chi connectivity index (χ1v) is 7.28. The second-order valence-electron chi connectivity index (χ2n) is 4.42. The van der Waals surface area contributed by atoms with Gasteiger partial charge in [0.05, 0.1) is 4.90 Å². The maximum Gasteiger partial charge on any atom is 0.238 e. The Labute approximate surface area is 113 Å². The van der Waals surface area contributed by atoms with Gasteiger partial charge in [0, 0.05) is 12.2 Å². The number of hydrogen-bond acceptors (Lipinski definition) is 4. The lowest BCUT2D eigenvalue weighted by molar-refractivity contribution is 0.598. The first kappa shape index (κ1) is 15.4. The van der Waals surface area contributed by atoms with E-state index in [-0.39, 0.29) is 4.90 Å². The molecular weight excluding hydrogens is 266 g/mol. The number of hydrogen-bond donors (Lipinski definition) is 4. The fourth-order valence-corrected chi connectivity index (χ4v) is 1.78. The highest BCUT2D eigenvalue weighted by atomic mass is 32.2. The summed E-state index contributed by atoms with van der Waals surface area (Å²) < 4.78 is 22.2. The zero-order valence-corrected chi connectivity index (χ0v) is 11.7. The summed E-state index contributed by atoms with van der Waals surface area (Å²) in [5.41, 5.74) is 3.11. The molecule has 0 saturated heterocycles. The quantitative estimate of drug-likeness (QED) is 0.273. The maximum atomic E-state index is 11.1. The van der Waals surface area contributed by atoms with Gasteiger partial charge in [-0.1, -0.05) is 13.8 Å². The summed E-state index contributed by atoms with van der Waals surface area (Å²) in [5.74, 6) is 6.17. The van der Waals surface area contributed by atoms with E-state index in [0.29, 0.717) is 24.1 Å². The van der Waals surface area contributed by atoms with Crippen molar-refractivity contribution >= 4 is 21.7 Å². The fourth-order valence-electron chi connectivity index (χ4n) is 1.26. The number of nitrogens with one attached hydrogen (secondary N) is 2. The van der Waals surface area contributed by atoms with Crippen molar-refractivity contribution in [2.24, 2.45) is 21.9 Å². The van der Waals surface area contributed by atoms with Crippen LogP contribution in [0.4, 0.5) is 5.69 Å². The standard InChI is InChI=1S/C11H19N5O2S/c1-8(2)7-14-11(16-12)15-9-3-5-10(6-4-9)19(13,17)18/h3-6,8H,7,12H2,1-2H3,(H2,13,17,18)(H2,14,15,16). The predicted molar refractivity (Wildman–Crippen MR) is 75.9 cm³/mol. The molecule has 0 aliphatic carbocycles. The molecule has 0 saturated carbocycles. The normalized spacial score (nSPS) is 12.6. The fraction of sp³-hybridized carbons (Fsp3) is 0.364. The Morgan fingerprint density at radius 2 is 1.89 bits per heavy atom. The molecule has 19 heavy (non-hydrogen) atoms. The molecule has 0 heterocycles. The molecule has 0 aliphatic rings. The van der Waals surface area contributed by atoms with Crippen LogP contribution in [-0.4, -0.2) is 20.9 Å². The monoisotopic (exact) mass is 285 g/mol. The molecule has 0 amide bonds. The Balaban J connectivity index is 2.79. The Bertz CT molecular complexity index is 537. The van der Waals surface area contributed by atoms with Crippen molar-refractivity contribution in [1.29, 1.82) is 0 Å². The van der Waals surface area contributed by atoms with Crippen LogP contribution in [0, 0.1) is 5.92 Å². The Kier molecular flexibility index (Phi) is 5.28. The summed E-state index contributed by atoms with van der Waals surface area (Å²) in [6, 6.07) is 5.99. The third-order valence-corrected chi connectivity index (χ3v) is 3.13. The van der Waals surface area contributed by atoms with Gasteiger partial charge in [-0.05, 0) is 30.2 Å². The SMILES string of the molecule is CC(C)CN=C(NN)Nc1ccc(S(N)(=O)=O)cc1. The first-order chi connectivity index (χ1) is 8.82. The molecule has 1 rings (SSSR count). The van der Waals surface area contributed by atoms with Gasteiger partial charge in [0.1, 0.15) is 0 Å². The number of sulfonamides is 1. The maximum absolute atomic E-state index is 11.1. The molecule has 1 aromatic rings. The number of nitrogens with two attached hydrogens (primary N) is 2. The van der Waals surface area contributed by atoms with Gasteiger partial charge >= 0.3 is 0 Å². The van der Waals surface area contributed by atoms with Gasteiger partial charge in [0.2, 0.25) is 16.0 Å². The molecule has 0 aliphatic heterocycles. The molecule has 8 heteroatoms. The van der Waals surface area contributed by atoms with Crippen LogP contribution in [0.5, 0.6) is 0 Å². The van der Waals surface area contributed by atoms with Crippen molar-refractivity contribution in [3.63, 3.8) is 0 Å². The first-order valence-electron chi connectivity index (χ1n) is 5.74. The minimum absolute atomic E-state index is 0.0550. The van der Waals surface area contributed by atoms with E-state index >= 15 is 0 Å². The lowest BCUT2D eigenvalue weighted by Gasteiger charge is -2.10. The van der Waals surface area contributed by atoms with Crippen molar-refractivity contribution in [2.75, 3.05) is 11.9 Å². The van der Waals surface area contributed by atoms with Gasteiger partial charge in [-0.2, -0.15) is 0 Å². The van der Waals surface area contributed by atoms with Gasteiger partial charge in [-0.3, -0.25) is 10.4 Å². The second-order valence-corrected chi connectivity index (χ2v) is 5.98. The minimum atomic E-state index is -3.67. The van der Waals surface area contributed by atoms with Crippen molar-refractivity contribution < 1.29 is 8.42 Å². The van der Waals surface area contributed by atoms with Crippen molar-refractivity contribution in [3.8, 4) is 0 Å². The number of benzene rings is 1. The Morgan fingerprint density at radius 1 is 1.32 bits per heavy atom. The van der Waals surface area contributed by atoms with E-state index in [1.54, 1.807) is 12.1 Å². The summed E-state index contributed by atoms with van der Waals surface area (Å²) in [6.45, 7) is 4.71. The number of rotatable bonds is 4. The van der Waals surface area contributed by atoms with Crippen LogP contribution in [0.25, 0.3) is 0 Å². The molecule has 6 N–H and O–H groups in total. The van der Waals surface area contributed by atoms with Crippen LogP contribution in [0.15, 0.2) is 34.2 Å². The third-order valence-electron chi connectivity index (χ3n) is 2.20. The van der Waals surface area contributed by atoms with Gasteiger partial charge in [0.25, 0.3) is 0 Å². The molecular formula is C11H19N5O2S. The highest BCUT2D eigenvalue weighted by Crippen LogP contribution is 2.12. The second kappa shape index (κ2) is 6.50. The third kappa shape index (κ3) is 5.25. The van der Waals surface area contributed by atoms with Crippen LogP contribution < -0.4 is 21.7 Å². The molecule has 0 bridgehead atoms. The van der Waals surface area contributed by atoms with Crippen LogP contribution in [0.2, 0.25) is 0 Å². The smallest absolute Gasteiger partial charge is 0.238 e. The van der Waals surface area contributed by atoms with Crippen LogP contribution in [0.1, 0.15) is 13.8 Å². The number of nitrogens with zero attached hydrogens (tertiary/aromatic N) is 1. The summed E-state index contributed by atoms with van der Waals surface area (Å²) in [4.78, 5) is 4.29. The number of hydrazine groups is 1. The lowest BCUT2D eigenvalue weighted by Crippen LogP contribution is -2.36. The molecule has 0 unspecified atom stereocenters. The van der Waals surface area contributed by atoms with E-state index in [4.69, 9.17) is 11.0 Å². The molecule has 0 atom stereocenters. The van der Waals surface area contributed by atoms with Gasteiger partial charge in [0.15, 0.2) is 0 Å². The number of primary sulfonamides is 1. The molecule has 0 spiro atoms. The molecule has 106 valence electrons. The van der Waals surface area contributed by atoms with Gasteiger partial charge in [-0.25, -0.2) is 19.4 Å². The number of guanidine groups is 1. The molecule has 0 aromatic heterocycles. The molecule has 0 fully saturated rings. The van der Waals surface area contributed by atoms with Crippen LogP contribution >= 0.6 is 0 Å². The zero-order valence-electron chi connectivity index (χ0n) is 10.9. The summed E-state index contributed by atoms with van der Waals surface area (Å²) in [5, 5.41) is 7.95. The van der Waals surface area contributed by atoms with Crippen molar-refractivity contribution in [1.82, 2.24) is 5.43 Å². The average Bonchev–Trinajstić information content (AvgIpc) is 2.33. The molecule has 7 nitrogen and oxygen atoms in total. The molecule has 0 radical (unpaired) electrons. The van der Waals surface area contributed by atoms with Gasteiger partial charge < -0.3 is 5.32 Å². The van der Waals surface area contributed by atoms with E-state index < -0.39 is 10.0 Å².